The van der Waals surface area contributed by atoms with Gasteiger partial charge in [0.15, 0.2) is 0 Å². The summed E-state index contributed by atoms with van der Waals surface area (Å²) in [5.41, 5.74) is 0. The Morgan fingerprint density at radius 3 is 1.00 bits per heavy atom. The van der Waals surface area contributed by atoms with Gasteiger partial charge in [0.25, 0.3) is 0 Å². The Hall–Kier alpha value is -3.78. The molecule has 4 saturated heterocycles. The molecular weight excluding hydrogens is 1610 g/mol. The molecule has 664 valence electrons. The average molecular weight is 1770 g/mol. The molecule has 1 saturated carbocycles. The zero-order valence-corrected chi connectivity index (χ0v) is 75.2. The number of hydrogen-bond acceptors (Lipinski definition) is 19. The van der Waals surface area contributed by atoms with Crippen molar-refractivity contribution in [2.45, 2.75) is 353 Å². The maximum Gasteiger partial charge on any atom is 0.416 e. The molecule has 5 fully saturated rings. The molecule has 7 N–H and O–H groups in total. The number of carbonyl (C=O) groups is 7. The van der Waals surface area contributed by atoms with E-state index in [1.165, 1.54) is 198 Å². The van der Waals surface area contributed by atoms with Gasteiger partial charge < -0.3 is 109 Å². The molecule has 0 unspecified atom stereocenters. The van der Waals surface area contributed by atoms with Crippen molar-refractivity contribution in [1.29, 1.82) is 0 Å². The fourth-order valence-corrected chi connectivity index (χ4v) is 13.6. The van der Waals surface area contributed by atoms with E-state index in [2.05, 4.69) is 72.5 Å². The fourth-order valence-electron chi connectivity index (χ4n) is 13.5. The summed E-state index contributed by atoms with van der Waals surface area (Å²) in [6.45, 7) is 17.2. The average Bonchev–Trinajstić information content (AvgIpc) is 1.79. The lowest BCUT2D eigenvalue weighted by molar-refractivity contribution is -0.869. The molecular formula is C83H157Cl2IN8O19. The van der Waals surface area contributed by atoms with Gasteiger partial charge in [-0.15, -0.1) is 4.99 Å². The van der Waals surface area contributed by atoms with Gasteiger partial charge in [-0.25, -0.2) is 49.5 Å². The van der Waals surface area contributed by atoms with Gasteiger partial charge in [0.1, 0.15) is 26.4 Å². The Labute approximate surface area is 709 Å². The molecule has 113 heavy (non-hydrogen) atoms. The standard InChI is InChI=1S/C29H57N3O5.C28H55N3O5.C16H27NO6.C8H16O.C2ClNO2.ClH.HI/c1-5-6-7-8-9-10-11-12-13-14-15-16-17-18-23-35-24-26-19-20-27(37-26)25-36-29(34)31-28(33)30-21-22-32(2,3)4;1-4-5-6-7-8-9-10-11-12-13-14-15-16-17-22-34-23-25-18-19-26(36-25)24-35-28(33)30-27(32)29-20-21-31(2)3;1-3-11-5-7-13(22-11)9-20-15(18)17-16(19)21-10-14-8-6-12(4-2)23-14;1-2-7-3-4-8(5-7)6-9;3-2(6)4-1-5;;/h26-27H,5-25H2,1-4H3,(H-,30,31,33,34);25-26H,4-24H2,1-3H3,(H2,29,30,32,33);11-14H,3-10H2,1-2H3,(H,17,18,19);7-9H,2-6H2,1H3;;2*1H/t26-,27+;25-,26+;11-,12+,13-,14+;7-,8+;;;/m00.1.../s1. The third kappa shape index (κ3) is 68.8. The number of isocyanates is 1. The van der Waals surface area contributed by atoms with Crippen LogP contribution in [0.15, 0.2) is 4.99 Å². The number of aliphatic hydroxyl groups excluding tert-OH is 1. The van der Waals surface area contributed by atoms with Crippen molar-refractivity contribution in [3.8, 4) is 0 Å². The van der Waals surface area contributed by atoms with Crippen LogP contribution in [-0.2, 0) is 52.2 Å². The molecule has 5 aliphatic rings. The second-order valence-electron chi connectivity index (χ2n) is 31.8. The van der Waals surface area contributed by atoms with Crippen LogP contribution in [0.4, 0.5) is 33.6 Å². The predicted molar refractivity (Wildman–Crippen MR) is 434 cm³/mol. The van der Waals surface area contributed by atoms with Crippen LogP contribution in [0.2, 0.25) is 0 Å². The highest BCUT2D eigenvalue weighted by Crippen LogP contribution is 2.32. The van der Waals surface area contributed by atoms with Crippen molar-refractivity contribution < 1.29 is 137 Å². The van der Waals surface area contributed by atoms with E-state index in [9.17, 15) is 33.6 Å². The molecule has 4 aliphatic heterocycles. The second kappa shape index (κ2) is 75.7. The summed E-state index contributed by atoms with van der Waals surface area (Å²) in [6.07, 6.45) is 50.3. The SMILES string of the molecule is CCCCCCCCCCCCCCCCOC[C@@H]1CC[C@H](COC(=O)NC(=O)NCC[N+](C)(C)C)O1.CCCCCCCCCCCCCCCCOC[C@@H]1CC[C@H](COC(=O)NC(=O)NCC[NH+](C)C)O1.CC[C@@H]1CC[C@H](CO)C1.CC[C@@H]1CC[C@H](COC(=O)NC(=O)OC[C@@H]2CC[C@H](CC)O2)O1.O=C=NC(=O)Cl.[Cl-].[I-]. The van der Waals surface area contributed by atoms with E-state index in [0.717, 1.165) is 120 Å². The van der Waals surface area contributed by atoms with E-state index < -0.39 is 41.8 Å². The van der Waals surface area contributed by atoms with Crippen molar-refractivity contribution in [1.82, 2.24) is 26.6 Å². The topological polar surface area (TPSA) is 326 Å². The van der Waals surface area contributed by atoms with Crippen molar-refractivity contribution in [3.63, 3.8) is 0 Å². The number of carbonyl (C=O) groups excluding carboxylic acids is 8. The number of urea groups is 2. The number of halogens is 3. The summed E-state index contributed by atoms with van der Waals surface area (Å²) in [6, 6.07) is -1.08. The molecule has 9 amide bonds. The summed E-state index contributed by atoms with van der Waals surface area (Å²) in [5, 5.41) is 19.4. The van der Waals surface area contributed by atoms with Crippen LogP contribution >= 0.6 is 11.6 Å². The number of aliphatic imine (C=N–C) groups is 1. The maximum atomic E-state index is 11.8. The molecule has 30 heteroatoms. The number of amides is 9. The molecule has 4 heterocycles. The van der Waals surface area contributed by atoms with Gasteiger partial charge in [0, 0.05) is 19.8 Å². The molecule has 1 aliphatic carbocycles. The first-order valence-corrected chi connectivity index (χ1v) is 43.7. The molecule has 0 aromatic heterocycles. The number of unbranched alkanes of at least 4 members (excludes halogenated alkanes) is 26. The van der Waals surface area contributed by atoms with Crippen LogP contribution in [0, 0.1) is 11.8 Å². The Morgan fingerprint density at radius 2 is 0.735 bits per heavy atom. The minimum absolute atomic E-state index is 0. The van der Waals surface area contributed by atoms with E-state index in [0.29, 0.717) is 38.8 Å². The van der Waals surface area contributed by atoms with Gasteiger partial charge in [-0.1, -0.05) is 214 Å². The highest BCUT2D eigenvalue weighted by molar-refractivity contribution is 6.63. The number of aliphatic hydroxyl groups is 1. The lowest BCUT2D eigenvalue weighted by Crippen LogP contribution is -3.06. The molecule has 0 aromatic carbocycles. The molecule has 27 nitrogen and oxygen atoms in total. The summed E-state index contributed by atoms with van der Waals surface area (Å²) < 4.78 is 55.7. The van der Waals surface area contributed by atoms with Crippen LogP contribution in [0.25, 0.3) is 0 Å². The maximum absolute atomic E-state index is 11.8. The van der Waals surface area contributed by atoms with Gasteiger partial charge in [0.05, 0.1) is 123 Å². The second-order valence-corrected chi connectivity index (χ2v) is 32.2. The van der Waals surface area contributed by atoms with E-state index in [1.54, 1.807) is 0 Å². The van der Waals surface area contributed by atoms with Crippen LogP contribution < -0.4 is 67.9 Å². The first-order chi connectivity index (χ1) is 53.5. The third-order valence-corrected chi connectivity index (χ3v) is 20.5. The van der Waals surface area contributed by atoms with Crippen molar-refractivity contribution in [2.24, 2.45) is 16.8 Å². The lowest BCUT2D eigenvalue weighted by Gasteiger charge is -2.23. The molecule has 0 aromatic rings. The summed E-state index contributed by atoms with van der Waals surface area (Å²) in [7, 11) is 10.1. The van der Waals surface area contributed by atoms with Gasteiger partial charge >= 0.3 is 41.8 Å². The van der Waals surface area contributed by atoms with E-state index in [-0.39, 0.29) is 112 Å². The zero-order chi connectivity index (χ0) is 81.8. The van der Waals surface area contributed by atoms with Crippen LogP contribution in [0.1, 0.15) is 304 Å². The number of nitrogens with one attached hydrogen (secondary N) is 6. The fraction of sp³-hybridized carbons (Fsp3) is 0.904. The Balaban J connectivity index is 0. The summed E-state index contributed by atoms with van der Waals surface area (Å²) in [4.78, 5) is 92.1. The van der Waals surface area contributed by atoms with E-state index >= 15 is 0 Å². The Morgan fingerprint density at radius 1 is 0.434 bits per heavy atom. The Bertz CT molecular complexity index is 2360. The molecule has 0 bridgehead atoms. The van der Waals surface area contributed by atoms with Crippen molar-refractivity contribution in [3.05, 3.63) is 0 Å². The smallest absolute Gasteiger partial charge is 0.416 e. The van der Waals surface area contributed by atoms with E-state index in [4.69, 9.17) is 57.3 Å². The molecule has 0 radical (unpaired) electrons. The zero-order valence-electron chi connectivity index (χ0n) is 71.5. The molecule has 10 atom stereocenters. The first-order valence-electron chi connectivity index (χ1n) is 43.3. The number of nitrogens with zero attached hydrogens (tertiary/aromatic N) is 2. The minimum atomic E-state index is -1.04. The van der Waals surface area contributed by atoms with Gasteiger partial charge in [-0.05, 0) is 113 Å². The number of likely N-dealkylation sites (N-methyl/N-ethyl adjacent to an activating group) is 2. The van der Waals surface area contributed by atoms with Gasteiger partial charge in [-0.2, -0.15) is 0 Å². The predicted octanol–water partition coefficient (Wildman–Crippen LogP) is 10.0. The summed E-state index contributed by atoms with van der Waals surface area (Å²) in [5.74, 6) is 1.55. The minimum Gasteiger partial charge on any atom is -1.00 e. The normalized spacial score (nSPS) is 20.6. The highest BCUT2D eigenvalue weighted by atomic mass is 127. The highest BCUT2D eigenvalue weighted by Gasteiger charge is 2.30. The van der Waals surface area contributed by atoms with E-state index in [1.807, 2.05) is 40.6 Å². The number of ether oxygens (including phenoxy) is 10. The van der Waals surface area contributed by atoms with Crippen molar-refractivity contribution in [2.75, 3.05) is 121 Å². The first kappa shape index (κ1) is 111. The van der Waals surface area contributed by atoms with Crippen LogP contribution in [0.3, 0.4) is 0 Å². The largest absolute Gasteiger partial charge is 1.00 e. The number of hydrogen-bond donors (Lipinski definition) is 7. The third-order valence-electron chi connectivity index (χ3n) is 20.4. The lowest BCUT2D eigenvalue weighted by atomic mass is 10.0. The number of rotatable bonds is 52. The Kier molecular flexibility index (Phi) is 74.5. The molecule has 0 spiro atoms. The van der Waals surface area contributed by atoms with Crippen LogP contribution in [0.5, 0.6) is 0 Å². The summed E-state index contributed by atoms with van der Waals surface area (Å²) >= 11 is 4.51. The van der Waals surface area contributed by atoms with Gasteiger partial charge in [0.2, 0.25) is 6.08 Å². The number of quaternary nitrogens is 2. The monoisotopic (exact) mass is 1770 g/mol. The number of imide groups is 3. The van der Waals surface area contributed by atoms with Gasteiger partial charge in [-0.3, -0.25) is 4.79 Å². The van der Waals surface area contributed by atoms with Crippen molar-refractivity contribution >= 4 is 59.5 Å². The molecule has 5 rings (SSSR count). The quantitative estimate of drug-likeness (QED) is 0.00435. The number of alkyl carbamates (subject to hydrolysis) is 4. The van der Waals surface area contributed by atoms with Crippen LogP contribution in [-0.4, -0.2) is 227 Å².